The third-order valence-corrected chi connectivity index (χ3v) is 7.35. The number of alkyl carbamates (subject to hydrolysis) is 1. The lowest BCUT2D eigenvalue weighted by Gasteiger charge is -2.38. The molecule has 0 bridgehead atoms. The molecule has 3 aromatic rings. The number of benzene rings is 3. The largest absolute Gasteiger partial charge is 0.446 e. The molecule has 2 aliphatic rings. The highest BCUT2D eigenvalue weighted by Crippen LogP contribution is 2.38. The molecule has 1 N–H and O–H groups in total. The number of hydrogen-bond acceptors (Lipinski definition) is 4. The molecule has 0 aromatic heterocycles. The Morgan fingerprint density at radius 2 is 1.42 bits per heavy atom. The molecule has 36 heavy (non-hydrogen) atoms. The van der Waals surface area contributed by atoms with E-state index in [1.165, 1.54) is 0 Å². The maximum atomic E-state index is 13.1. The average molecular weight is 480 g/mol. The van der Waals surface area contributed by atoms with Crippen LogP contribution in [0.5, 0.6) is 0 Å². The Morgan fingerprint density at radius 1 is 0.806 bits per heavy atom. The quantitative estimate of drug-likeness (QED) is 0.443. The zero-order chi connectivity index (χ0) is 24.7. The Labute approximate surface area is 213 Å². The number of aryl methyl sites for hydroxylation is 1. The summed E-state index contributed by atoms with van der Waals surface area (Å²) in [6.07, 6.45) is 4.43. The van der Waals surface area contributed by atoms with Crippen LogP contribution in [-0.2, 0) is 11.3 Å². The lowest BCUT2D eigenvalue weighted by atomic mass is 9.71. The van der Waals surface area contributed by atoms with Gasteiger partial charge in [-0.05, 0) is 48.4 Å². The Morgan fingerprint density at radius 3 is 2.14 bits per heavy atom. The standard InChI is InChI=1S/C31H33N3O2/c1-22-13-11-12-18-25(22)21-32-31(35)36-27-20-10-4-9-19-26-28(27)30(24-16-7-3-8-17-24)34-33-29(26)23-14-5-2-6-15-23/h2-3,5-8,11-18,26-28H,4,9-10,19-21H2,1H3,(H,32,35). The van der Waals surface area contributed by atoms with Gasteiger partial charge in [0.15, 0.2) is 0 Å². The second kappa shape index (κ2) is 11.3. The van der Waals surface area contributed by atoms with Crippen molar-refractivity contribution in [3.63, 3.8) is 0 Å². The van der Waals surface area contributed by atoms with Crippen molar-refractivity contribution in [1.82, 2.24) is 5.32 Å². The fraction of sp³-hybridized carbons (Fsp3) is 0.323. The highest BCUT2D eigenvalue weighted by Gasteiger charge is 2.42. The molecule has 1 aliphatic heterocycles. The van der Waals surface area contributed by atoms with Crippen LogP contribution in [0.1, 0.15) is 54.4 Å². The Hall–Kier alpha value is -3.73. The molecule has 5 heteroatoms. The molecule has 1 heterocycles. The molecule has 3 unspecified atom stereocenters. The molecule has 1 saturated carbocycles. The minimum absolute atomic E-state index is 0.0513. The number of carbonyl (C=O) groups is 1. The fourth-order valence-electron chi connectivity index (χ4n) is 5.45. The zero-order valence-electron chi connectivity index (χ0n) is 20.8. The van der Waals surface area contributed by atoms with E-state index in [4.69, 9.17) is 14.9 Å². The summed E-state index contributed by atoms with van der Waals surface area (Å²) in [5.74, 6) is 0.0826. The number of hydrogen-bond donors (Lipinski definition) is 1. The lowest BCUT2D eigenvalue weighted by molar-refractivity contribution is 0.0577. The molecule has 1 fully saturated rings. The van der Waals surface area contributed by atoms with Crippen LogP contribution in [0.25, 0.3) is 0 Å². The van der Waals surface area contributed by atoms with E-state index in [1.807, 2.05) is 54.6 Å². The first-order chi connectivity index (χ1) is 17.7. The Balaban J connectivity index is 1.45. The minimum Gasteiger partial charge on any atom is -0.446 e. The van der Waals surface area contributed by atoms with Crippen molar-refractivity contribution in [3.8, 4) is 0 Å². The van der Waals surface area contributed by atoms with Crippen LogP contribution in [0, 0.1) is 18.8 Å². The third-order valence-electron chi connectivity index (χ3n) is 7.35. The molecule has 5 rings (SSSR count). The molecule has 184 valence electrons. The zero-order valence-corrected chi connectivity index (χ0v) is 20.8. The molecule has 1 aliphatic carbocycles. The van der Waals surface area contributed by atoms with Crippen LogP contribution < -0.4 is 5.32 Å². The summed E-state index contributed by atoms with van der Waals surface area (Å²) in [7, 11) is 0. The summed E-state index contributed by atoms with van der Waals surface area (Å²) in [5, 5.41) is 12.5. The van der Waals surface area contributed by atoms with Crippen molar-refractivity contribution in [1.29, 1.82) is 0 Å². The molecule has 0 saturated heterocycles. The number of nitrogens with one attached hydrogen (secondary N) is 1. The van der Waals surface area contributed by atoms with Crippen molar-refractivity contribution >= 4 is 17.5 Å². The SMILES string of the molecule is Cc1ccccc1CNC(=O)OC1CCCCCC2C(c3ccccc3)=NN=C(c3ccccc3)C12. The number of carbonyl (C=O) groups excluding carboxylic acids is 1. The van der Waals surface area contributed by atoms with E-state index in [2.05, 4.69) is 42.6 Å². The van der Waals surface area contributed by atoms with Gasteiger partial charge >= 0.3 is 6.09 Å². The second-order valence-corrected chi connectivity index (χ2v) is 9.70. The van der Waals surface area contributed by atoms with E-state index in [1.54, 1.807) is 0 Å². The van der Waals surface area contributed by atoms with Crippen LogP contribution >= 0.6 is 0 Å². The highest BCUT2D eigenvalue weighted by molar-refractivity contribution is 6.11. The molecule has 3 atom stereocenters. The lowest BCUT2D eigenvalue weighted by Crippen LogP contribution is -2.45. The van der Waals surface area contributed by atoms with Gasteiger partial charge in [-0.2, -0.15) is 10.2 Å². The van der Waals surface area contributed by atoms with Crippen molar-refractivity contribution < 1.29 is 9.53 Å². The predicted octanol–water partition coefficient (Wildman–Crippen LogP) is 6.69. The summed E-state index contributed by atoms with van der Waals surface area (Å²) in [4.78, 5) is 13.1. The highest BCUT2D eigenvalue weighted by atomic mass is 16.6. The molecule has 5 nitrogen and oxygen atoms in total. The third kappa shape index (κ3) is 5.40. The van der Waals surface area contributed by atoms with E-state index in [-0.39, 0.29) is 24.0 Å². The first-order valence-electron chi connectivity index (χ1n) is 13.0. The van der Waals surface area contributed by atoms with Crippen LogP contribution in [0.3, 0.4) is 0 Å². The Bertz CT molecular complexity index is 1240. The minimum atomic E-state index is -0.376. The van der Waals surface area contributed by atoms with Crippen molar-refractivity contribution in [2.75, 3.05) is 0 Å². The molecule has 0 radical (unpaired) electrons. The first-order valence-corrected chi connectivity index (χ1v) is 13.0. The predicted molar refractivity (Wildman–Crippen MR) is 144 cm³/mol. The number of nitrogens with zero attached hydrogens (tertiary/aromatic N) is 2. The van der Waals surface area contributed by atoms with Gasteiger partial charge in [0.2, 0.25) is 0 Å². The van der Waals surface area contributed by atoms with Crippen LogP contribution in [0.4, 0.5) is 4.79 Å². The van der Waals surface area contributed by atoms with Crippen molar-refractivity contribution in [2.24, 2.45) is 22.0 Å². The van der Waals surface area contributed by atoms with Crippen LogP contribution in [0.15, 0.2) is 95.1 Å². The summed E-state index contributed by atoms with van der Waals surface area (Å²) >= 11 is 0. The second-order valence-electron chi connectivity index (χ2n) is 9.70. The van der Waals surface area contributed by atoms with Gasteiger partial charge in [-0.1, -0.05) is 97.8 Å². The van der Waals surface area contributed by atoms with Crippen LogP contribution in [-0.4, -0.2) is 23.6 Å². The van der Waals surface area contributed by atoms with Gasteiger partial charge in [-0.15, -0.1) is 0 Å². The van der Waals surface area contributed by atoms with E-state index >= 15 is 0 Å². The summed E-state index contributed by atoms with van der Waals surface area (Å²) in [6, 6.07) is 28.6. The number of rotatable bonds is 5. The van der Waals surface area contributed by atoms with Gasteiger partial charge < -0.3 is 10.1 Å². The molecule has 0 spiro atoms. The van der Waals surface area contributed by atoms with Crippen molar-refractivity contribution in [3.05, 3.63) is 107 Å². The van der Waals surface area contributed by atoms with Crippen molar-refractivity contribution in [2.45, 2.75) is 51.7 Å². The monoisotopic (exact) mass is 479 g/mol. The van der Waals surface area contributed by atoms with Gasteiger partial charge in [0, 0.05) is 18.4 Å². The van der Waals surface area contributed by atoms with Gasteiger partial charge in [-0.25, -0.2) is 4.79 Å². The van der Waals surface area contributed by atoms with Crippen LogP contribution in [0.2, 0.25) is 0 Å². The summed E-state index contributed by atoms with van der Waals surface area (Å²) in [5.41, 5.74) is 6.28. The first kappa shape index (κ1) is 24.0. The topological polar surface area (TPSA) is 63.0 Å². The maximum absolute atomic E-state index is 13.1. The number of amides is 1. The molecule has 1 amide bonds. The smallest absolute Gasteiger partial charge is 0.407 e. The number of ether oxygens (including phenoxy) is 1. The average Bonchev–Trinajstić information content (AvgIpc) is 2.91. The van der Waals surface area contributed by atoms with Gasteiger partial charge in [-0.3, -0.25) is 0 Å². The van der Waals surface area contributed by atoms with E-state index in [0.717, 1.165) is 65.8 Å². The van der Waals surface area contributed by atoms with Gasteiger partial charge in [0.25, 0.3) is 0 Å². The summed E-state index contributed by atoms with van der Waals surface area (Å²) in [6.45, 7) is 2.50. The normalized spacial score (nSPS) is 21.8. The fourth-order valence-corrected chi connectivity index (χ4v) is 5.45. The molecular formula is C31H33N3O2. The number of fused-ring (bicyclic) bond motifs is 1. The van der Waals surface area contributed by atoms with E-state index in [0.29, 0.717) is 6.54 Å². The van der Waals surface area contributed by atoms with Gasteiger partial charge in [0.05, 0.1) is 11.4 Å². The molecular weight excluding hydrogens is 446 g/mol. The molecule has 3 aromatic carbocycles. The Kier molecular flexibility index (Phi) is 7.55. The van der Waals surface area contributed by atoms with Gasteiger partial charge in [0.1, 0.15) is 6.10 Å². The van der Waals surface area contributed by atoms with E-state index < -0.39 is 0 Å². The maximum Gasteiger partial charge on any atom is 0.407 e. The summed E-state index contributed by atoms with van der Waals surface area (Å²) < 4.78 is 6.21. The van der Waals surface area contributed by atoms with E-state index in [9.17, 15) is 4.79 Å².